The normalized spacial score (nSPS) is 20.2. The van der Waals surface area contributed by atoms with E-state index in [0.29, 0.717) is 6.54 Å². The maximum absolute atomic E-state index is 10.2. The van der Waals surface area contributed by atoms with E-state index in [1.165, 1.54) is 0 Å². The van der Waals surface area contributed by atoms with Crippen molar-refractivity contribution in [1.82, 2.24) is 20.2 Å². The van der Waals surface area contributed by atoms with Gasteiger partial charge in [-0.25, -0.2) is 9.97 Å². The Morgan fingerprint density at radius 3 is 2.46 bits per heavy atom. The summed E-state index contributed by atoms with van der Waals surface area (Å²) < 4.78 is 0. The summed E-state index contributed by atoms with van der Waals surface area (Å²) in [7, 11) is 0. The number of hydrogen-bond acceptors (Lipinski definition) is 5. The number of anilines is 1. The Hall–Kier alpha value is -1.16. The smallest absolute Gasteiger partial charge is 0.225 e. The van der Waals surface area contributed by atoms with Crippen molar-refractivity contribution in [3.05, 3.63) is 18.5 Å². The second-order valence-electron chi connectivity index (χ2n) is 6.27. The van der Waals surface area contributed by atoms with Crippen molar-refractivity contribution in [3.8, 4) is 0 Å². The number of guanidine groups is 1. The Balaban J connectivity index is 0.00000208. The van der Waals surface area contributed by atoms with E-state index >= 15 is 0 Å². The third-order valence-corrected chi connectivity index (χ3v) is 4.56. The molecule has 0 atom stereocenters. The van der Waals surface area contributed by atoms with Crippen LogP contribution in [0.4, 0.5) is 5.95 Å². The SMILES string of the molecule is CCNC(=NCC1(O)CCC1)N1CCN(c2ncccn2)CC1.I. The first-order valence-electron chi connectivity index (χ1n) is 8.48. The summed E-state index contributed by atoms with van der Waals surface area (Å²) in [6.07, 6.45) is 6.40. The van der Waals surface area contributed by atoms with Gasteiger partial charge in [-0.05, 0) is 32.3 Å². The van der Waals surface area contributed by atoms with Gasteiger partial charge >= 0.3 is 0 Å². The molecule has 2 heterocycles. The standard InChI is InChI=1S/C16H26N6O.HI/c1-2-17-14(20-13-16(23)5-3-6-16)21-9-11-22(12-10-21)15-18-7-4-8-19-15;/h4,7-8,23H,2-3,5-6,9-13H2,1H3,(H,17,20);1H. The summed E-state index contributed by atoms with van der Waals surface area (Å²) in [5.74, 6) is 1.69. The zero-order valence-electron chi connectivity index (χ0n) is 14.2. The van der Waals surface area contributed by atoms with E-state index in [9.17, 15) is 5.11 Å². The van der Waals surface area contributed by atoms with Gasteiger partial charge in [0.05, 0.1) is 12.1 Å². The van der Waals surface area contributed by atoms with Crippen LogP contribution < -0.4 is 10.2 Å². The van der Waals surface area contributed by atoms with E-state index in [2.05, 4.69) is 37.0 Å². The highest BCUT2D eigenvalue weighted by Crippen LogP contribution is 2.31. The lowest BCUT2D eigenvalue weighted by atomic mass is 9.80. The van der Waals surface area contributed by atoms with Gasteiger partial charge in [0.1, 0.15) is 0 Å². The van der Waals surface area contributed by atoms with Crippen LogP contribution >= 0.6 is 24.0 Å². The van der Waals surface area contributed by atoms with Crippen molar-refractivity contribution < 1.29 is 5.11 Å². The molecule has 8 heteroatoms. The van der Waals surface area contributed by atoms with Gasteiger partial charge < -0.3 is 20.2 Å². The molecule has 0 aromatic carbocycles. The molecule has 0 bridgehead atoms. The molecule has 0 amide bonds. The van der Waals surface area contributed by atoms with Crippen LogP contribution in [0, 0.1) is 0 Å². The average molecular weight is 446 g/mol. The van der Waals surface area contributed by atoms with Gasteiger partial charge in [-0.3, -0.25) is 4.99 Å². The highest BCUT2D eigenvalue weighted by molar-refractivity contribution is 14.0. The molecule has 1 aliphatic carbocycles. The molecule has 0 spiro atoms. The minimum atomic E-state index is -0.569. The van der Waals surface area contributed by atoms with Crippen LogP contribution in [0.1, 0.15) is 26.2 Å². The van der Waals surface area contributed by atoms with Crippen LogP contribution in [-0.2, 0) is 0 Å². The molecule has 24 heavy (non-hydrogen) atoms. The number of aliphatic imine (C=N–C) groups is 1. The molecule has 1 aromatic heterocycles. The van der Waals surface area contributed by atoms with Gasteiger partial charge in [-0.2, -0.15) is 0 Å². The summed E-state index contributed by atoms with van der Waals surface area (Å²) in [4.78, 5) is 17.7. The maximum Gasteiger partial charge on any atom is 0.225 e. The van der Waals surface area contributed by atoms with Gasteiger partial charge in [-0.15, -0.1) is 24.0 Å². The van der Waals surface area contributed by atoms with Gasteiger partial charge in [0.2, 0.25) is 5.95 Å². The highest BCUT2D eigenvalue weighted by Gasteiger charge is 2.34. The Morgan fingerprint density at radius 1 is 1.25 bits per heavy atom. The molecule has 2 fully saturated rings. The van der Waals surface area contributed by atoms with E-state index in [0.717, 1.165) is 63.9 Å². The van der Waals surface area contributed by atoms with E-state index in [-0.39, 0.29) is 24.0 Å². The van der Waals surface area contributed by atoms with E-state index in [1.807, 2.05) is 6.07 Å². The largest absolute Gasteiger partial charge is 0.388 e. The Kier molecular flexibility index (Phi) is 7.02. The Morgan fingerprint density at radius 2 is 1.92 bits per heavy atom. The molecule has 1 saturated carbocycles. The third-order valence-electron chi connectivity index (χ3n) is 4.56. The van der Waals surface area contributed by atoms with Crippen molar-refractivity contribution in [1.29, 1.82) is 0 Å². The molecule has 1 saturated heterocycles. The van der Waals surface area contributed by atoms with Gasteiger partial charge in [0.25, 0.3) is 0 Å². The summed E-state index contributed by atoms with van der Waals surface area (Å²) in [5.41, 5.74) is -0.569. The molecule has 134 valence electrons. The van der Waals surface area contributed by atoms with E-state index in [4.69, 9.17) is 0 Å². The molecule has 0 radical (unpaired) electrons. The first-order valence-corrected chi connectivity index (χ1v) is 8.48. The lowest BCUT2D eigenvalue weighted by molar-refractivity contribution is -0.0237. The fourth-order valence-corrected chi connectivity index (χ4v) is 2.96. The van der Waals surface area contributed by atoms with Gasteiger partial charge in [0, 0.05) is 45.1 Å². The first-order chi connectivity index (χ1) is 11.2. The minimum absolute atomic E-state index is 0. The van der Waals surface area contributed by atoms with Crippen LogP contribution in [-0.4, -0.2) is 70.8 Å². The van der Waals surface area contributed by atoms with Crippen molar-refractivity contribution in [2.45, 2.75) is 31.8 Å². The third kappa shape index (κ3) is 4.69. The molecule has 7 nitrogen and oxygen atoms in total. The highest BCUT2D eigenvalue weighted by atomic mass is 127. The molecular formula is C16H27IN6O. The van der Waals surface area contributed by atoms with Crippen molar-refractivity contribution in [3.63, 3.8) is 0 Å². The fourth-order valence-electron chi connectivity index (χ4n) is 2.96. The quantitative estimate of drug-likeness (QED) is 0.410. The number of nitrogens with zero attached hydrogens (tertiary/aromatic N) is 5. The lowest BCUT2D eigenvalue weighted by Gasteiger charge is -2.38. The van der Waals surface area contributed by atoms with E-state index < -0.39 is 5.60 Å². The van der Waals surface area contributed by atoms with Crippen LogP contribution in [0.5, 0.6) is 0 Å². The molecule has 3 rings (SSSR count). The second kappa shape index (κ2) is 8.80. The average Bonchev–Trinajstić information content (AvgIpc) is 2.58. The zero-order valence-corrected chi connectivity index (χ0v) is 16.5. The number of halogens is 1. The molecule has 0 unspecified atom stereocenters. The Bertz CT molecular complexity index is 529. The summed E-state index contributed by atoms with van der Waals surface area (Å²) >= 11 is 0. The number of aliphatic hydroxyl groups is 1. The van der Waals surface area contributed by atoms with Crippen LogP contribution in [0.2, 0.25) is 0 Å². The Labute approximate surface area is 160 Å². The number of piperazine rings is 1. The first kappa shape index (κ1) is 19.2. The predicted molar refractivity (Wildman–Crippen MR) is 106 cm³/mol. The van der Waals surface area contributed by atoms with Crippen molar-refractivity contribution in [2.24, 2.45) is 4.99 Å². The predicted octanol–water partition coefficient (Wildman–Crippen LogP) is 1.10. The lowest BCUT2D eigenvalue weighted by Crippen LogP contribution is -2.53. The van der Waals surface area contributed by atoms with Crippen molar-refractivity contribution in [2.75, 3.05) is 44.2 Å². The summed E-state index contributed by atoms with van der Waals surface area (Å²) in [5, 5.41) is 13.6. The van der Waals surface area contributed by atoms with Crippen LogP contribution in [0.3, 0.4) is 0 Å². The molecule has 2 N–H and O–H groups in total. The topological polar surface area (TPSA) is 76.9 Å². The van der Waals surface area contributed by atoms with Crippen molar-refractivity contribution >= 4 is 35.9 Å². The van der Waals surface area contributed by atoms with Gasteiger partial charge in [-0.1, -0.05) is 0 Å². The number of aromatic nitrogens is 2. The molecule has 1 aliphatic heterocycles. The molecule has 2 aliphatic rings. The summed E-state index contributed by atoms with van der Waals surface area (Å²) in [6.45, 7) is 6.90. The van der Waals surface area contributed by atoms with E-state index in [1.54, 1.807) is 12.4 Å². The maximum atomic E-state index is 10.2. The minimum Gasteiger partial charge on any atom is -0.388 e. The molecule has 1 aromatic rings. The second-order valence-corrected chi connectivity index (χ2v) is 6.27. The van der Waals surface area contributed by atoms with Crippen LogP contribution in [0.25, 0.3) is 0 Å². The number of nitrogens with one attached hydrogen (secondary N) is 1. The summed E-state index contributed by atoms with van der Waals surface area (Å²) in [6, 6.07) is 1.83. The monoisotopic (exact) mass is 446 g/mol. The fraction of sp³-hybridized carbons (Fsp3) is 0.688. The van der Waals surface area contributed by atoms with Gasteiger partial charge in [0.15, 0.2) is 5.96 Å². The van der Waals surface area contributed by atoms with Crippen LogP contribution in [0.15, 0.2) is 23.5 Å². The number of hydrogen-bond donors (Lipinski definition) is 2. The number of rotatable bonds is 4. The zero-order chi connectivity index (χ0) is 16.1. The molecular weight excluding hydrogens is 419 g/mol.